The minimum atomic E-state index is -1.07. The van der Waals surface area contributed by atoms with Crippen molar-refractivity contribution in [1.82, 2.24) is 4.98 Å². The van der Waals surface area contributed by atoms with Gasteiger partial charge in [-0.1, -0.05) is 29.8 Å². The van der Waals surface area contributed by atoms with E-state index in [4.69, 9.17) is 16.0 Å². The van der Waals surface area contributed by atoms with Crippen molar-refractivity contribution in [2.75, 3.05) is 6.61 Å². The molecule has 2 aromatic carbocycles. The van der Waals surface area contributed by atoms with Crippen LogP contribution in [0.2, 0.25) is 0 Å². The Hall–Kier alpha value is -3.92. The van der Waals surface area contributed by atoms with Crippen LogP contribution in [0.1, 0.15) is 23.1 Å². The summed E-state index contributed by atoms with van der Waals surface area (Å²) >= 11 is 0. The first kappa shape index (κ1) is 20.4. The Bertz CT molecular complexity index is 1190. The Morgan fingerprint density at radius 3 is 2.84 bits per heavy atom. The molecule has 0 atom stereocenters. The van der Waals surface area contributed by atoms with Gasteiger partial charge in [0.1, 0.15) is 18.2 Å². The van der Waals surface area contributed by atoms with Gasteiger partial charge in [0.25, 0.3) is 0 Å². The van der Waals surface area contributed by atoms with E-state index in [2.05, 4.69) is 9.83 Å². The first-order valence-corrected chi connectivity index (χ1v) is 9.80. The molecule has 0 spiro atoms. The summed E-state index contributed by atoms with van der Waals surface area (Å²) in [5.41, 5.74) is 3.32. The van der Waals surface area contributed by atoms with E-state index in [0.29, 0.717) is 42.5 Å². The van der Waals surface area contributed by atoms with Gasteiger partial charge in [-0.05, 0) is 36.6 Å². The SMILES string of the molecule is [C-]#[N+]c1ccc2c(c1)CCCOc1cc(c(F)cc1CC(=O)O)-c1cccc(n1)OC2. The van der Waals surface area contributed by atoms with Gasteiger partial charge in [-0.2, -0.15) is 0 Å². The molecule has 0 fully saturated rings. The van der Waals surface area contributed by atoms with Crippen LogP contribution in [-0.4, -0.2) is 22.7 Å². The van der Waals surface area contributed by atoms with E-state index < -0.39 is 11.8 Å². The number of aryl methyl sites for hydroxylation is 1. The van der Waals surface area contributed by atoms with E-state index in [-0.39, 0.29) is 24.2 Å². The molecular formula is C24H19FN2O4. The molecule has 4 rings (SSSR count). The maximum Gasteiger partial charge on any atom is 0.307 e. The maximum absolute atomic E-state index is 14.8. The number of benzene rings is 2. The van der Waals surface area contributed by atoms with Crippen LogP contribution in [0, 0.1) is 12.4 Å². The molecule has 3 aromatic rings. The monoisotopic (exact) mass is 418 g/mol. The van der Waals surface area contributed by atoms with Gasteiger partial charge in [0.2, 0.25) is 5.88 Å². The first-order chi connectivity index (χ1) is 15.0. The third-order valence-electron chi connectivity index (χ3n) is 5.03. The summed E-state index contributed by atoms with van der Waals surface area (Å²) in [4.78, 5) is 19.1. The van der Waals surface area contributed by atoms with E-state index in [1.807, 2.05) is 12.1 Å². The number of ether oxygens (including phenoxy) is 2. The molecule has 0 saturated carbocycles. The lowest BCUT2D eigenvalue weighted by Crippen LogP contribution is -2.08. The summed E-state index contributed by atoms with van der Waals surface area (Å²) in [6.45, 7) is 7.84. The second-order valence-corrected chi connectivity index (χ2v) is 7.18. The van der Waals surface area contributed by atoms with Crippen molar-refractivity contribution in [3.63, 3.8) is 0 Å². The van der Waals surface area contributed by atoms with Gasteiger partial charge in [-0.25, -0.2) is 14.2 Å². The summed E-state index contributed by atoms with van der Waals surface area (Å²) in [5.74, 6) is -0.983. The number of carbonyl (C=O) groups is 1. The molecule has 0 unspecified atom stereocenters. The largest absolute Gasteiger partial charge is 0.493 e. The lowest BCUT2D eigenvalue weighted by molar-refractivity contribution is -0.136. The number of hydrogen-bond acceptors (Lipinski definition) is 4. The number of carboxylic acids is 1. The number of aromatic nitrogens is 1. The molecule has 2 heterocycles. The van der Waals surface area contributed by atoms with E-state index in [0.717, 1.165) is 11.1 Å². The minimum absolute atomic E-state index is 0.216. The summed E-state index contributed by atoms with van der Waals surface area (Å²) in [6, 6.07) is 13.2. The molecule has 1 N–H and O–H groups in total. The van der Waals surface area contributed by atoms with E-state index in [9.17, 15) is 14.3 Å². The average Bonchev–Trinajstić information content (AvgIpc) is 2.76. The van der Waals surface area contributed by atoms with Crippen LogP contribution < -0.4 is 9.47 Å². The fourth-order valence-corrected chi connectivity index (χ4v) is 3.52. The van der Waals surface area contributed by atoms with Crippen LogP contribution in [0.25, 0.3) is 16.1 Å². The maximum atomic E-state index is 14.8. The number of rotatable bonds is 2. The molecule has 31 heavy (non-hydrogen) atoms. The third kappa shape index (κ3) is 4.64. The van der Waals surface area contributed by atoms with Crippen LogP contribution in [-0.2, 0) is 24.2 Å². The molecule has 6 nitrogen and oxygen atoms in total. The van der Waals surface area contributed by atoms with Gasteiger partial charge < -0.3 is 14.6 Å². The second-order valence-electron chi connectivity index (χ2n) is 7.18. The quantitative estimate of drug-likeness (QED) is 0.595. The Morgan fingerprint density at radius 2 is 2.03 bits per heavy atom. The van der Waals surface area contributed by atoms with Crippen molar-refractivity contribution >= 4 is 11.7 Å². The number of carboxylic acid groups (broad SMARTS) is 1. The lowest BCUT2D eigenvalue weighted by atomic mass is 10.0. The first-order valence-electron chi connectivity index (χ1n) is 9.80. The van der Waals surface area contributed by atoms with E-state index in [1.54, 1.807) is 24.3 Å². The predicted octanol–water partition coefficient (Wildman–Crippen LogP) is 4.97. The number of halogens is 1. The standard InChI is InChI=1S/C24H19FN2O4/c1-26-18-8-7-16-14-31-23-6-2-5-21(27-23)19-13-22(30-9-3-4-15(16)10-18)17(11-20(19)25)12-24(28)29/h2,5-8,10-11,13H,3-4,9,12,14H2,(H,28,29). The predicted molar refractivity (Wildman–Crippen MR) is 112 cm³/mol. The van der Waals surface area contributed by atoms with Crippen molar-refractivity contribution in [1.29, 1.82) is 0 Å². The molecule has 7 heteroatoms. The minimum Gasteiger partial charge on any atom is -0.493 e. The third-order valence-corrected chi connectivity index (χ3v) is 5.03. The zero-order chi connectivity index (χ0) is 21.8. The fraction of sp³-hybridized carbons (Fsp3) is 0.208. The average molecular weight is 418 g/mol. The molecule has 4 bridgehead atoms. The summed E-state index contributed by atoms with van der Waals surface area (Å²) in [5, 5.41) is 9.18. The molecule has 1 aromatic heterocycles. The summed E-state index contributed by atoms with van der Waals surface area (Å²) < 4.78 is 26.5. The zero-order valence-electron chi connectivity index (χ0n) is 16.6. The highest BCUT2D eigenvalue weighted by Crippen LogP contribution is 2.32. The molecule has 0 amide bonds. The number of hydrogen-bond donors (Lipinski definition) is 1. The molecule has 0 aliphatic carbocycles. The molecule has 1 aliphatic rings. The fourth-order valence-electron chi connectivity index (χ4n) is 3.52. The van der Waals surface area contributed by atoms with Crippen molar-refractivity contribution in [3.8, 4) is 22.9 Å². The number of fused-ring (bicyclic) bond motifs is 6. The molecule has 0 saturated heterocycles. The highest BCUT2D eigenvalue weighted by Gasteiger charge is 2.17. The number of nitrogens with zero attached hydrogens (tertiary/aromatic N) is 2. The Balaban J connectivity index is 1.76. The van der Waals surface area contributed by atoms with Crippen LogP contribution in [0.15, 0.2) is 48.5 Å². The topological polar surface area (TPSA) is 73.0 Å². The van der Waals surface area contributed by atoms with E-state index in [1.165, 1.54) is 12.1 Å². The molecule has 1 aliphatic heterocycles. The van der Waals surface area contributed by atoms with Crippen molar-refractivity contribution in [3.05, 3.63) is 82.5 Å². The Labute approximate surface area is 178 Å². The van der Waals surface area contributed by atoms with Crippen molar-refractivity contribution in [2.24, 2.45) is 0 Å². The van der Waals surface area contributed by atoms with Gasteiger partial charge in [0.05, 0.1) is 25.3 Å². The molecule has 156 valence electrons. The van der Waals surface area contributed by atoms with Crippen molar-refractivity contribution < 1.29 is 23.8 Å². The van der Waals surface area contributed by atoms with Gasteiger partial charge in [-0.15, -0.1) is 0 Å². The smallest absolute Gasteiger partial charge is 0.307 e. The lowest BCUT2D eigenvalue weighted by Gasteiger charge is -2.16. The summed E-state index contributed by atoms with van der Waals surface area (Å²) in [7, 11) is 0. The van der Waals surface area contributed by atoms with E-state index >= 15 is 0 Å². The number of pyridine rings is 1. The zero-order valence-corrected chi connectivity index (χ0v) is 16.6. The van der Waals surface area contributed by atoms with Gasteiger partial charge in [-0.3, -0.25) is 4.79 Å². The van der Waals surface area contributed by atoms with Crippen LogP contribution in [0.5, 0.6) is 11.6 Å². The highest BCUT2D eigenvalue weighted by atomic mass is 19.1. The summed E-state index contributed by atoms with van der Waals surface area (Å²) in [6.07, 6.45) is 0.940. The normalized spacial score (nSPS) is 13.0. The van der Waals surface area contributed by atoms with Crippen LogP contribution in [0.4, 0.5) is 10.1 Å². The Kier molecular flexibility index (Phi) is 5.80. The highest BCUT2D eigenvalue weighted by molar-refractivity contribution is 5.73. The van der Waals surface area contributed by atoms with Crippen molar-refractivity contribution in [2.45, 2.75) is 25.9 Å². The van der Waals surface area contributed by atoms with Gasteiger partial charge in [0.15, 0.2) is 5.69 Å². The van der Waals surface area contributed by atoms with Crippen LogP contribution >= 0.6 is 0 Å². The molecular weight excluding hydrogens is 399 g/mol. The number of aliphatic carboxylic acids is 1. The molecule has 0 radical (unpaired) electrons. The second kappa shape index (κ2) is 8.84. The van der Waals surface area contributed by atoms with Crippen LogP contribution in [0.3, 0.4) is 0 Å². The Morgan fingerprint density at radius 1 is 1.16 bits per heavy atom. The van der Waals surface area contributed by atoms with Gasteiger partial charge >= 0.3 is 5.97 Å². The van der Waals surface area contributed by atoms with Gasteiger partial charge in [0, 0.05) is 17.2 Å².